The van der Waals surface area contributed by atoms with Crippen molar-refractivity contribution in [2.24, 2.45) is 5.92 Å². The molecule has 4 atom stereocenters. The van der Waals surface area contributed by atoms with Crippen molar-refractivity contribution < 1.29 is 9.53 Å². The summed E-state index contributed by atoms with van der Waals surface area (Å²) >= 11 is 2.35. The van der Waals surface area contributed by atoms with Crippen LogP contribution in [0.1, 0.15) is 25.0 Å². The summed E-state index contributed by atoms with van der Waals surface area (Å²) in [6, 6.07) is 10.3. The number of carbonyl (C=O) groups is 1. The van der Waals surface area contributed by atoms with Crippen molar-refractivity contribution in [2.75, 3.05) is 4.43 Å². The summed E-state index contributed by atoms with van der Waals surface area (Å²) in [5, 5.41) is 0. The van der Waals surface area contributed by atoms with Gasteiger partial charge in [0.15, 0.2) is 0 Å². The van der Waals surface area contributed by atoms with Crippen LogP contribution in [0.4, 0.5) is 0 Å². The summed E-state index contributed by atoms with van der Waals surface area (Å²) in [5.41, 5.74) is 1.17. The predicted octanol–water partition coefficient (Wildman–Crippen LogP) is 2.76. The average Bonchev–Trinajstić information content (AvgIpc) is 2.90. The van der Waals surface area contributed by atoms with E-state index in [1.807, 2.05) is 23.1 Å². The number of benzene rings is 1. The van der Waals surface area contributed by atoms with Gasteiger partial charge < -0.3 is 9.64 Å². The van der Waals surface area contributed by atoms with Crippen molar-refractivity contribution in [3.63, 3.8) is 0 Å². The Bertz CT molecular complexity index is 450. The quantitative estimate of drug-likeness (QED) is 0.602. The maximum Gasteiger partial charge on any atom is 0.225 e. The second-order valence-corrected chi connectivity index (χ2v) is 5.90. The van der Waals surface area contributed by atoms with Crippen LogP contribution in [-0.4, -0.2) is 27.5 Å². The van der Waals surface area contributed by atoms with Gasteiger partial charge in [-0.2, -0.15) is 0 Å². The Morgan fingerprint density at radius 3 is 2.78 bits per heavy atom. The van der Waals surface area contributed by atoms with Crippen LogP contribution in [0.25, 0.3) is 0 Å². The fraction of sp³-hybridized carbons (Fsp3) is 0.500. The molecule has 4 heteroatoms. The Morgan fingerprint density at radius 2 is 2.11 bits per heavy atom. The van der Waals surface area contributed by atoms with Crippen LogP contribution in [-0.2, 0) is 9.53 Å². The molecule has 96 valence electrons. The lowest BCUT2D eigenvalue weighted by Crippen LogP contribution is -2.35. The molecule has 0 radical (unpaired) electrons. The summed E-state index contributed by atoms with van der Waals surface area (Å²) in [7, 11) is 0. The van der Waals surface area contributed by atoms with Crippen LogP contribution >= 0.6 is 22.6 Å². The molecule has 18 heavy (non-hydrogen) atoms. The van der Waals surface area contributed by atoms with E-state index in [2.05, 4.69) is 41.6 Å². The topological polar surface area (TPSA) is 29.5 Å². The molecular formula is C14H16INO2. The number of halogens is 1. The predicted molar refractivity (Wildman–Crippen MR) is 77.4 cm³/mol. The standard InChI is InChI=1S/C14H16INO2/c1-9-13(10-5-3-2-4-6-10)18-14-11(8-15)7-12(17)16(9)14/h2-6,9,11,13-14H,7-8H2,1H3/t9-,11-,13-,14-/m0/s1. The molecule has 0 aromatic heterocycles. The summed E-state index contributed by atoms with van der Waals surface area (Å²) in [6.45, 7) is 2.09. The third-order valence-electron chi connectivity index (χ3n) is 3.89. The van der Waals surface area contributed by atoms with Gasteiger partial charge in [0.1, 0.15) is 12.3 Å². The van der Waals surface area contributed by atoms with Gasteiger partial charge in [0.05, 0.1) is 6.04 Å². The van der Waals surface area contributed by atoms with E-state index in [4.69, 9.17) is 4.74 Å². The summed E-state index contributed by atoms with van der Waals surface area (Å²) < 4.78 is 7.13. The molecule has 2 heterocycles. The van der Waals surface area contributed by atoms with E-state index < -0.39 is 0 Å². The van der Waals surface area contributed by atoms with Gasteiger partial charge in [-0.3, -0.25) is 4.79 Å². The number of nitrogens with zero attached hydrogens (tertiary/aromatic N) is 1. The van der Waals surface area contributed by atoms with Crippen molar-refractivity contribution in [3.8, 4) is 0 Å². The molecular weight excluding hydrogens is 341 g/mol. The Kier molecular flexibility index (Phi) is 3.32. The number of carbonyl (C=O) groups excluding carboxylic acids is 1. The molecule has 0 unspecified atom stereocenters. The van der Waals surface area contributed by atoms with Gasteiger partial charge in [0, 0.05) is 16.8 Å². The first-order valence-corrected chi connectivity index (χ1v) is 7.82. The zero-order chi connectivity index (χ0) is 12.7. The number of alkyl halides is 1. The van der Waals surface area contributed by atoms with Crippen molar-refractivity contribution in [1.82, 2.24) is 4.90 Å². The molecule has 1 aromatic rings. The van der Waals surface area contributed by atoms with E-state index in [9.17, 15) is 4.79 Å². The fourth-order valence-electron chi connectivity index (χ4n) is 2.98. The van der Waals surface area contributed by atoms with Crippen molar-refractivity contribution >= 4 is 28.5 Å². The minimum absolute atomic E-state index is 0.0189. The zero-order valence-electron chi connectivity index (χ0n) is 10.3. The van der Waals surface area contributed by atoms with Gasteiger partial charge in [-0.25, -0.2) is 0 Å². The molecule has 2 fully saturated rings. The fourth-order valence-corrected chi connectivity index (χ4v) is 3.72. The lowest BCUT2D eigenvalue weighted by atomic mass is 10.0. The maximum absolute atomic E-state index is 12.1. The van der Waals surface area contributed by atoms with Crippen LogP contribution < -0.4 is 0 Å². The van der Waals surface area contributed by atoms with Crippen molar-refractivity contribution in [1.29, 1.82) is 0 Å². The smallest absolute Gasteiger partial charge is 0.225 e. The van der Waals surface area contributed by atoms with Crippen LogP contribution in [0.3, 0.4) is 0 Å². The monoisotopic (exact) mass is 357 g/mol. The zero-order valence-corrected chi connectivity index (χ0v) is 12.4. The average molecular weight is 357 g/mol. The lowest BCUT2D eigenvalue weighted by molar-refractivity contribution is -0.130. The van der Waals surface area contributed by atoms with E-state index in [0.29, 0.717) is 12.3 Å². The van der Waals surface area contributed by atoms with Gasteiger partial charge in [0.2, 0.25) is 5.91 Å². The number of rotatable bonds is 2. The molecule has 1 amide bonds. The lowest BCUT2D eigenvalue weighted by Gasteiger charge is -2.20. The molecule has 0 bridgehead atoms. The number of amides is 1. The van der Waals surface area contributed by atoms with Crippen molar-refractivity contribution in [2.45, 2.75) is 31.7 Å². The normalized spacial score (nSPS) is 35.0. The number of hydrogen-bond donors (Lipinski definition) is 0. The second-order valence-electron chi connectivity index (χ2n) is 5.02. The van der Waals surface area contributed by atoms with Crippen LogP contribution in [0.2, 0.25) is 0 Å². The number of hydrogen-bond acceptors (Lipinski definition) is 2. The van der Waals surface area contributed by atoms with Gasteiger partial charge >= 0.3 is 0 Å². The number of ether oxygens (including phenoxy) is 1. The molecule has 2 saturated heterocycles. The van der Waals surface area contributed by atoms with Crippen LogP contribution in [0, 0.1) is 5.92 Å². The summed E-state index contributed by atoms with van der Waals surface area (Å²) in [4.78, 5) is 14.0. The largest absolute Gasteiger partial charge is 0.348 e. The second kappa shape index (κ2) is 4.81. The Labute approximate surface area is 121 Å². The first-order valence-electron chi connectivity index (χ1n) is 6.30. The first-order chi connectivity index (χ1) is 8.72. The molecule has 0 aliphatic carbocycles. The molecule has 0 saturated carbocycles. The molecule has 0 N–H and O–H groups in total. The Morgan fingerprint density at radius 1 is 1.39 bits per heavy atom. The molecule has 1 aromatic carbocycles. The summed E-state index contributed by atoms with van der Waals surface area (Å²) in [5.74, 6) is 0.585. The Hall–Kier alpha value is -0.620. The Balaban J connectivity index is 1.88. The third kappa shape index (κ3) is 1.86. The highest BCUT2D eigenvalue weighted by atomic mass is 127. The van der Waals surface area contributed by atoms with E-state index >= 15 is 0 Å². The van der Waals surface area contributed by atoms with Gasteiger partial charge in [-0.15, -0.1) is 0 Å². The van der Waals surface area contributed by atoms with E-state index in [1.54, 1.807) is 0 Å². The van der Waals surface area contributed by atoms with E-state index in [0.717, 1.165) is 4.43 Å². The highest BCUT2D eigenvalue weighted by Crippen LogP contribution is 2.43. The van der Waals surface area contributed by atoms with Crippen molar-refractivity contribution in [3.05, 3.63) is 35.9 Å². The van der Waals surface area contributed by atoms with Gasteiger partial charge in [0.25, 0.3) is 0 Å². The summed E-state index contributed by atoms with van der Waals surface area (Å²) in [6.07, 6.45) is 0.639. The minimum Gasteiger partial charge on any atom is -0.348 e. The van der Waals surface area contributed by atoms with E-state index in [1.165, 1.54) is 5.56 Å². The van der Waals surface area contributed by atoms with Gasteiger partial charge in [-0.05, 0) is 12.5 Å². The molecule has 3 nitrogen and oxygen atoms in total. The van der Waals surface area contributed by atoms with E-state index in [-0.39, 0.29) is 24.3 Å². The van der Waals surface area contributed by atoms with Crippen LogP contribution in [0.15, 0.2) is 30.3 Å². The molecule has 2 aliphatic rings. The third-order valence-corrected chi connectivity index (χ3v) is 5.02. The highest BCUT2D eigenvalue weighted by Gasteiger charge is 2.50. The molecule has 2 aliphatic heterocycles. The highest BCUT2D eigenvalue weighted by molar-refractivity contribution is 14.1. The maximum atomic E-state index is 12.1. The minimum atomic E-state index is -0.0189. The SMILES string of the molecule is C[C@H]1[C@@H](c2ccccc2)O[C@H]2[C@H](CI)CC(=O)N12. The molecule has 0 spiro atoms. The van der Waals surface area contributed by atoms with Crippen LogP contribution in [0.5, 0.6) is 0 Å². The number of fused-ring (bicyclic) bond motifs is 1. The molecule has 3 rings (SSSR count). The van der Waals surface area contributed by atoms with Gasteiger partial charge in [-0.1, -0.05) is 52.9 Å². The first kappa shape index (κ1) is 12.4.